The van der Waals surface area contributed by atoms with Crippen LogP contribution in [0.4, 0.5) is 24.7 Å². The van der Waals surface area contributed by atoms with Gasteiger partial charge in [-0.3, -0.25) is 24.0 Å². The Morgan fingerprint density at radius 1 is 1.14 bits per heavy atom. The Balaban J connectivity index is 2.21. The Kier molecular flexibility index (Phi) is 7.68. The highest BCUT2D eigenvalue weighted by atomic mass is 19.4. The molecular weight excluding hydrogens is 465 g/mol. The lowest BCUT2D eigenvalue weighted by Gasteiger charge is -2.25. The Bertz CT molecular complexity index is 1330. The van der Waals surface area contributed by atoms with Gasteiger partial charge in [0.1, 0.15) is 11.6 Å². The number of aromatic amines is 1. The highest BCUT2D eigenvalue weighted by Crippen LogP contribution is 2.31. The lowest BCUT2D eigenvalue weighted by molar-refractivity contribution is -0.137. The van der Waals surface area contributed by atoms with E-state index in [4.69, 9.17) is 10.5 Å². The molecule has 11 heteroatoms. The average molecular weight is 490 g/mol. The number of aromatic nitrogens is 2. The molecule has 0 unspecified atom stereocenters. The minimum atomic E-state index is -4.67. The number of hydrogen-bond acceptors (Lipinski definition) is 5. The molecule has 3 N–H and O–H groups in total. The van der Waals surface area contributed by atoms with Crippen molar-refractivity contribution >= 4 is 17.4 Å². The number of rotatable bonds is 8. The number of hydrogen-bond donors (Lipinski definition) is 2. The Morgan fingerprint density at radius 2 is 1.86 bits per heavy atom. The highest BCUT2D eigenvalue weighted by molar-refractivity contribution is 6.07. The van der Waals surface area contributed by atoms with Crippen molar-refractivity contribution < 1.29 is 22.7 Å². The molecule has 0 fully saturated rings. The highest BCUT2D eigenvalue weighted by Gasteiger charge is 2.32. The van der Waals surface area contributed by atoms with Crippen molar-refractivity contribution in [3.05, 3.63) is 86.1 Å². The van der Waals surface area contributed by atoms with Crippen molar-refractivity contribution in [1.29, 1.82) is 0 Å². The fourth-order valence-corrected chi connectivity index (χ4v) is 3.62. The summed E-state index contributed by atoms with van der Waals surface area (Å²) in [4.78, 5) is 41.9. The van der Waals surface area contributed by atoms with Gasteiger partial charge in [0.05, 0.1) is 19.2 Å². The van der Waals surface area contributed by atoms with E-state index in [-0.39, 0.29) is 30.2 Å². The zero-order valence-electron chi connectivity index (χ0n) is 19.2. The number of anilines is 2. The molecule has 1 amide bonds. The first-order chi connectivity index (χ1) is 16.6. The smallest absolute Gasteiger partial charge is 0.416 e. The third-order valence-electron chi connectivity index (χ3n) is 5.42. The number of nitrogens with one attached hydrogen (secondary N) is 1. The summed E-state index contributed by atoms with van der Waals surface area (Å²) in [6, 6.07) is 10.5. The van der Waals surface area contributed by atoms with Crippen LogP contribution in [0.25, 0.3) is 0 Å². The van der Waals surface area contributed by atoms with Crippen LogP contribution in [0.3, 0.4) is 0 Å². The second-order valence-corrected chi connectivity index (χ2v) is 7.78. The van der Waals surface area contributed by atoms with Gasteiger partial charge in [-0.2, -0.15) is 13.2 Å². The van der Waals surface area contributed by atoms with Crippen molar-refractivity contribution in [2.24, 2.45) is 0 Å². The Hall–Kier alpha value is -4.02. The molecule has 3 rings (SSSR count). The summed E-state index contributed by atoms with van der Waals surface area (Å²) in [5.74, 6) is -0.772. The monoisotopic (exact) mass is 490 g/mol. The molecule has 0 spiro atoms. The van der Waals surface area contributed by atoms with E-state index in [1.54, 1.807) is 24.3 Å². The number of H-pyrrole nitrogens is 1. The number of ether oxygens (including phenoxy) is 1. The summed E-state index contributed by atoms with van der Waals surface area (Å²) >= 11 is 0. The number of methoxy groups -OCH3 is 1. The number of nitrogen functional groups attached to an aromatic ring is 1. The molecule has 186 valence electrons. The van der Waals surface area contributed by atoms with Gasteiger partial charge in [0, 0.05) is 17.7 Å². The number of nitrogens with zero attached hydrogens (tertiary/aromatic N) is 2. The van der Waals surface area contributed by atoms with Gasteiger partial charge in [0.25, 0.3) is 11.5 Å². The molecule has 2 aromatic carbocycles. The fraction of sp³-hybridized carbons (Fsp3) is 0.292. The predicted molar refractivity (Wildman–Crippen MR) is 126 cm³/mol. The maximum Gasteiger partial charge on any atom is 0.416 e. The zero-order valence-corrected chi connectivity index (χ0v) is 19.2. The number of para-hydroxylation sites is 1. The molecule has 0 aliphatic heterocycles. The van der Waals surface area contributed by atoms with E-state index in [1.807, 2.05) is 6.92 Å². The maximum atomic E-state index is 13.6. The van der Waals surface area contributed by atoms with Crippen molar-refractivity contribution in [1.82, 2.24) is 9.55 Å². The summed E-state index contributed by atoms with van der Waals surface area (Å²) in [6.45, 7) is 1.84. The van der Waals surface area contributed by atoms with Gasteiger partial charge >= 0.3 is 11.9 Å². The Morgan fingerprint density at radius 3 is 2.51 bits per heavy atom. The first-order valence-corrected chi connectivity index (χ1v) is 10.8. The van der Waals surface area contributed by atoms with Gasteiger partial charge in [-0.25, -0.2) is 4.79 Å². The fourth-order valence-electron chi connectivity index (χ4n) is 3.62. The number of unbranched alkanes of at least 4 members (excludes halogenated alkanes) is 1. The van der Waals surface area contributed by atoms with E-state index in [0.717, 1.165) is 28.0 Å². The largest absolute Gasteiger partial charge is 0.496 e. The molecule has 0 radical (unpaired) electrons. The number of nitrogens with two attached hydrogens (primary N) is 1. The molecule has 0 saturated heterocycles. The van der Waals surface area contributed by atoms with E-state index in [1.165, 1.54) is 13.2 Å². The van der Waals surface area contributed by atoms with Crippen LogP contribution in [0.2, 0.25) is 0 Å². The van der Waals surface area contributed by atoms with Crippen LogP contribution >= 0.6 is 0 Å². The lowest BCUT2D eigenvalue weighted by Crippen LogP contribution is -2.41. The van der Waals surface area contributed by atoms with Crippen LogP contribution in [0.5, 0.6) is 5.75 Å². The van der Waals surface area contributed by atoms with Gasteiger partial charge in [0.15, 0.2) is 5.69 Å². The van der Waals surface area contributed by atoms with Crippen LogP contribution in [-0.4, -0.2) is 22.6 Å². The number of carbonyl (C=O) groups excluding carboxylic acids is 1. The zero-order chi connectivity index (χ0) is 25.8. The van der Waals surface area contributed by atoms with E-state index < -0.39 is 28.9 Å². The van der Waals surface area contributed by atoms with Gasteiger partial charge in [-0.1, -0.05) is 37.6 Å². The van der Waals surface area contributed by atoms with Crippen molar-refractivity contribution in [2.75, 3.05) is 17.7 Å². The summed E-state index contributed by atoms with van der Waals surface area (Å²) in [6.07, 6.45) is -3.37. The minimum absolute atomic E-state index is 0.186. The van der Waals surface area contributed by atoms with Crippen LogP contribution < -0.4 is 26.6 Å². The molecule has 1 aromatic heterocycles. The molecule has 1 heterocycles. The first-order valence-electron chi connectivity index (χ1n) is 10.8. The summed E-state index contributed by atoms with van der Waals surface area (Å²) in [5.41, 5.74) is 3.34. The summed E-state index contributed by atoms with van der Waals surface area (Å²) in [5, 5.41) is 0. The average Bonchev–Trinajstić information content (AvgIpc) is 2.82. The minimum Gasteiger partial charge on any atom is -0.496 e. The lowest BCUT2D eigenvalue weighted by atomic mass is 10.1. The molecular formula is C24H25F3N4O4. The summed E-state index contributed by atoms with van der Waals surface area (Å²) in [7, 11) is 1.42. The number of alkyl halides is 3. The first kappa shape index (κ1) is 25.6. The Labute approximate surface area is 198 Å². The predicted octanol–water partition coefficient (Wildman–Crippen LogP) is 3.79. The van der Waals surface area contributed by atoms with E-state index in [2.05, 4.69) is 4.98 Å². The van der Waals surface area contributed by atoms with Gasteiger partial charge in [0.2, 0.25) is 0 Å². The number of halogens is 3. The normalized spacial score (nSPS) is 11.3. The summed E-state index contributed by atoms with van der Waals surface area (Å²) < 4.78 is 46.3. The number of carbonyl (C=O) groups is 1. The third kappa shape index (κ3) is 5.56. The van der Waals surface area contributed by atoms with Gasteiger partial charge < -0.3 is 10.5 Å². The molecule has 0 aliphatic carbocycles. The van der Waals surface area contributed by atoms with Crippen LogP contribution in [0.1, 0.15) is 41.3 Å². The molecule has 3 aromatic rings. The van der Waals surface area contributed by atoms with E-state index >= 15 is 0 Å². The van der Waals surface area contributed by atoms with Crippen LogP contribution in [0, 0.1) is 0 Å². The second kappa shape index (κ2) is 10.5. The molecule has 0 aliphatic rings. The maximum absolute atomic E-state index is 13.6. The van der Waals surface area contributed by atoms with Crippen LogP contribution in [0.15, 0.2) is 58.1 Å². The second-order valence-electron chi connectivity index (χ2n) is 7.78. The molecule has 0 bridgehead atoms. The van der Waals surface area contributed by atoms with Crippen molar-refractivity contribution in [2.45, 2.75) is 39.0 Å². The van der Waals surface area contributed by atoms with Crippen molar-refractivity contribution in [3.8, 4) is 5.75 Å². The topological polar surface area (TPSA) is 110 Å². The number of benzene rings is 2. The van der Waals surface area contributed by atoms with E-state index in [9.17, 15) is 27.6 Å². The van der Waals surface area contributed by atoms with Gasteiger partial charge in [-0.05, 0) is 30.7 Å². The molecule has 0 atom stereocenters. The third-order valence-corrected chi connectivity index (χ3v) is 5.42. The van der Waals surface area contributed by atoms with Gasteiger partial charge in [-0.15, -0.1) is 0 Å². The molecule has 8 nitrogen and oxygen atoms in total. The SMILES string of the molecule is CCCCn1c(N)c(N(Cc2ccccc2OC)C(=O)c2cccc(C(F)(F)F)c2)c(=O)[nH]c1=O. The molecule has 0 saturated carbocycles. The van der Waals surface area contributed by atoms with Crippen LogP contribution in [-0.2, 0) is 19.3 Å². The standard InChI is InChI=1S/C24H25F3N4O4/c1-3-4-12-30-20(28)19(21(32)29-23(30)34)31(14-16-8-5-6-11-18(16)35-2)22(33)15-9-7-10-17(13-15)24(25,26)27/h5-11,13H,3-4,12,14,28H2,1-2H3,(H,29,32,34). The van der Waals surface area contributed by atoms with Crippen molar-refractivity contribution in [3.63, 3.8) is 0 Å². The van der Waals surface area contributed by atoms with E-state index in [0.29, 0.717) is 23.8 Å². The molecule has 35 heavy (non-hydrogen) atoms. The number of amides is 1. The quantitative estimate of drug-likeness (QED) is 0.499.